The highest BCUT2D eigenvalue weighted by Crippen LogP contribution is 2.40. The number of aromatic nitrogens is 2. The van der Waals surface area contributed by atoms with Gasteiger partial charge in [-0.3, -0.25) is 19.7 Å². The van der Waals surface area contributed by atoms with E-state index in [-0.39, 0.29) is 17.3 Å². The van der Waals surface area contributed by atoms with Gasteiger partial charge in [-0.05, 0) is 37.5 Å². The van der Waals surface area contributed by atoms with Crippen molar-refractivity contribution in [3.05, 3.63) is 30.6 Å². The number of ether oxygens (including phenoxy) is 2. The molecular weight excluding hydrogens is 458 g/mol. The zero-order valence-corrected chi connectivity index (χ0v) is 20.4. The van der Waals surface area contributed by atoms with Crippen LogP contribution in [0.1, 0.15) is 39.2 Å². The quantitative estimate of drug-likeness (QED) is 0.664. The highest BCUT2D eigenvalue weighted by atomic mass is 35.5. The van der Waals surface area contributed by atoms with E-state index in [0.29, 0.717) is 36.9 Å². The number of alkyl halides is 1. The van der Waals surface area contributed by atoms with Crippen molar-refractivity contribution in [2.45, 2.75) is 62.9 Å². The van der Waals surface area contributed by atoms with Crippen LogP contribution in [-0.4, -0.2) is 65.7 Å². The predicted octanol–water partition coefficient (Wildman–Crippen LogP) is 3.52. The number of halogens is 1. The van der Waals surface area contributed by atoms with E-state index in [4.69, 9.17) is 21.1 Å². The number of hydrogen-bond donors (Lipinski definition) is 1. The summed E-state index contributed by atoms with van der Waals surface area (Å²) in [4.78, 5) is 29.2. The summed E-state index contributed by atoms with van der Waals surface area (Å²) in [6, 6.07) is 6.07. The van der Waals surface area contributed by atoms with Gasteiger partial charge in [0.05, 0.1) is 29.7 Å². The molecule has 5 rings (SSSR count). The van der Waals surface area contributed by atoms with Gasteiger partial charge in [0, 0.05) is 50.7 Å². The molecule has 1 saturated heterocycles. The molecule has 1 aromatic heterocycles. The molecule has 3 unspecified atom stereocenters. The van der Waals surface area contributed by atoms with Crippen molar-refractivity contribution in [1.29, 1.82) is 0 Å². The number of amides is 2. The average molecular weight is 488 g/mol. The Bertz CT molecular complexity index is 1090. The van der Waals surface area contributed by atoms with Crippen LogP contribution in [0.2, 0.25) is 0 Å². The number of rotatable bonds is 4. The summed E-state index contributed by atoms with van der Waals surface area (Å²) < 4.78 is 13.3. The number of nitrogens with zero attached hydrogens (tertiary/aromatic N) is 4. The molecular formula is C24H30ClN5O4. The third-order valence-electron chi connectivity index (χ3n) is 6.70. The van der Waals surface area contributed by atoms with Gasteiger partial charge in [0.1, 0.15) is 12.3 Å². The van der Waals surface area contributed by atoms with Crippen LogP contribution in [0.4, 0.5) is 16.2 Å². The second kappa shape index (κ2) is 9.20. The first-order valence-corrected chi connectivity index (χ1v) is 12.2. The van der Waals surface area contributed by atoms with E-state index in [1.807, 2.05) is 42.2 Å². The van der Waals surface area contributed by atoms with Gasteiger partial charge in [-0.25, -0.2) is 4.79 Å². The summed E-state index contributed by atoms with van der Waals surface area (Å²) in [5.41, 5.74) is 3.21. The van der Waals surface area contributed by atoms with Gasteiger partial charge in [-0.2, -0.15) is 5.10 Å². The van der Waals surface area contributed by atoms with Crippen LogP contribution in [0.3, 0.4) is 0 Å². The Morgan fingerprint density at radius 2 is 2.00 bits per heavy atom. The number of hydrogen-bond acceptors (Lipinski definition) is 6. The number of methoxy groups -OCH3 is 1. The van der Waals surface area contributed by atoms with Gasteiger partial charge >= 0.3 is 6.09 Å². The first kappa shape index (κ1) is 23.1. The van der Waals surface area contributed by atoms with E-state index in [9.17, 15) is 9.59 Å². The maximum absolute atomic E-state index is 13.4. The lowest BCUT2D eigenvalue weighted by Crippen LogP contribution is -2.55. The van der Waals surface area contributed by atoms with Crippen LogP contribution >= 0.6 is 11.6 Å². The molecule has 0 radical (unpaired) electrons. The maximum Gasteiger partial charge on any atom is 0.414 e. The highest BCUT2D eigenvalue weighted by molar-refractivity contribution is 6.20. The average Bonchev–Trinajstić information content (AvgIpc) is 3.54. The Balaban J connectivity index is 1.47. The standard InChI is InChI=1S/C24H30ClN5O4/c1-14-12-28(24(32)34-22-9-18(25)11-26-23(22)33-3)21-8-16(4-7-20(21)30(14)15(2)31)17-10-27-29(13-17)19-5-6-19/h4,7-8,10,13-14,18-19,22-23,26H,5-6,9,11-12H2,1-3H3/t14-,18?,22?,23?/m0/s1. The number of carbonyl (C=O) groups is 2. The van der Waals surface area contributed by atoms with Crippen molar-refractivity contribution >= 4 is 35.0 Å². The zero-order valence-electron chi connectivity index (χ0n) is 19.6. The van der Waals surface area contributed by atoms with Gasteiger partial charge < -0.3 is 14.4 Å². The summed E-state index contributed by atoms with van der Waals surface area (Å²) in [6.07, 6.45) is 5.25. The monoisotopic (exact) mass is 487 g/mol. The van der Waals surface area contributed by atoms with E-state index in [1.165, 1.54) is 0 Å². The topological polar surface area (TPSA) is 88.9 Å². The summed E-state index contributed by atoms with van der Waals surface area (Å²) in [7, 11) is 1.57. The molecule has 1 aromatic carbocycles. The second-order valence-electron chi connectivity index (χ2n) is 9.31. The van der Waals surface area contributed by atoms with E-state index in [0.717, 1.165) is 24.0 Å². The molecule has 10 heteroatoms. The molecule has 4 atom stereocenters. The van der Waals surface area contributed by atoms with Crippen LogP contribution in [0, 0.1) is 0 Å². The molecule has 3 heterocycles. The summed E-state index contributed by atoms with van der Waals surface area (Å²) in [6.45, 7) is 4.37. The van der Waals surface area contributed by atoms with Gasteiger partial charge in [0.25, 0.3) is 0 Å². The van der Waals surface area contributed by atoms with Crippen molar-refractivity contribution in [2.75, 3.05) is 30.0 Å². The predicted molar refractivity (Wildman–Crippen MR) is 129 cm³/mol. The van der Waals surface area contributed by atoms with Crippen LogP contribution in [-0.2, 0) is 14.3 Å². The van der Waals surface area contributed by atoms with Crippen LogP contribution < -0.4 is 15.1 Å². The van der Waals surface area contributed by atoms with Crippen molar-refractivity contribution in [2.24, 2.45) is 0 Å². The summed E-state index contributed by atoms with van der Waals surface area (Å²) in [5, 5.41) is 7.50. The first-order valence-electron chi connectivity index (χ1n) is 11.7. The van der Waals surface area contributed by atoms with Crippen molar-refractivity contribution in [1.82, 2.24) is 15.1 Å². The largest absolute Gasteiger partial charge is 0.442 e. The van der Waals surface area contributed by atoms with Crippen molar-refractivity contribution < 1.29 is 19.1 Å². The number of anilines is 2. The van der Waals surface area contributed by atoms with Crippen molar-refractivity contribution in [3.8, 4) is 11.1 Å². The normalized spacial score (nSPS) is 26.8. The molecule has 1 saturated carbocycles. The highest BCUT2D eigenvalue weighted by Gasteiger charge is 2.38. The molecule has 2 fully saturated rings. The second-order valence-corrected chi connectivity index (χ2v) is 9.93. The van der Waals surface area contributed by atoms with Gasteiger partial charge in [0.15, 0.2) is 0 Å². The molecule has 182 valence electrons. The molecule has 0 bridgehead atoms. The number of fused-ring (bicyclic) bond motifs is 1. The third-order valence-corrected chi connectivity index (χ3v) is 7.03. The molecule has 2 aromatic rings. The Labute approximate surface area is 203 Å². The number of piperidine rings is 1. The van der Waals surface area contributed by atoms with Crippen LogP contribution in [0.15, 0.2) is 30.6 Å². The minimum absolute atomic E-state index is 0.0722. The Morgan fingerprint density at radius 3 is 2.71 bits per heavy atom. The lowest BCUT2D eigenvalue weighted by molar-refractivity contribution is -0.117. The number of benzene rings is 1. The Hall–Kier alpha value is -2.62. The first-order chi connectivity index (χ1) is 16.4. The molecule has 9 nitrogen and oxygen atoms in total. The SMILES string of the molecule is COC1NCC(Cl)CC1OC(=O)N1C[C@H](C)N(C(C)=O)c2ccc(-c3cnn(C4CC4)c3)cc21. The molecule has 34 heavy (non-hydrogen) atoms. The van der Waals surface area contributed by atoms with Gasteiger partial charge in [0.2, 0.25) is 5.91 Å². The Kier molecular flexibility index (Phi) is 6.26. The lowest BCUT2D eigenvalue weighted by atomic mass is 10.0. The van der Waals surface area contributed by atoms with Crippen LogP contribution in [0.5, 0.6) is 0 Å². The molecule has 3 aliphatic rings. The fraction of sp³-hybridized carbons (Fsp3) is 0.542. The summed E-state index contributed by atoms with van der Waals surface area (Å²) in [5.74, 6) is -0.0722. The van der Waals surface area contributed by atoms with Crippen LogP contribution in [0.25, 0.3) is 11.1 Å². The lowest BCUT2D eigenvalue weighted by Gasteiger charge is -2.41. The number of carbonyl (C=O) groups excluding carboxylic acids is 2. The minimum atomic E-state index is -0.515. The van der Waals surface area contributed by atoms with Gasteiger partial charge in [-0.15, -0.1) is 11.6 Å². The Morgan fingerprint density at radius 1 is 1.21 bits per heavy atom. The van der Waals surface area contributed by atoms with E-state index >= 15 is 0 Å². The molecule has 0 spiro atoms. The maximum atomic E-state index is 13.4. The molecule has 2 amide bonds. The van der Waals surface area contributed by atoms with Crippen molar-refractivity contribution in [3.63, 3.8) is 0 Å². The smallest absolute Gasteiger partial charge is 0.414 e. The number of nitrogens with one attached hydrogen (secondary N) is 1. The van der Waals surface area contributed by atoms with E-state index in [2.05, 4.69) is 10.4 Å². The minimum Gasteiger partial charge on any atom is -0.442 e. The van der Waals surface area contributed by atoms with E-state index < -0.39 is 18.4 Å². The third kappa shape index (κ3) is 4.39. The summed E-state index contributed by atoms with van der Waals surface area (Å²) >= 11 is 6.30. The molecule has 1 aliphatic carbocycles. The van der Waals surface area contributed by atoms with E-state index in [1.54, 1.807) is 23.8 Å². The fourth-order valence-corrected chi connectivity index (χ4v) is 5.12. The molecule has 2 aliphatic heterocycles. The fourth-order valence-electron chi connectivity index (χ4n) is 4.86. The van der Waals surface area contributed by atoms with Gasteiger partial charge in [-0.1, -0.05) is 6.07 Å². The molecule has 1 N–H and O–H groups in total. The zero-order chi connectivity index (χ0) is 24.0.